The minimum atomic E-state index is -4.48. The number of hydrogen-bond donors (Lipinski definition) is 1. The number of benzene rings is 1. The van der Waals surface area contributed by atoms with Crippen molar-refractivity contribution in [2.75, 3.05) is 0 Å². The first kappa shape index (κ1) is 18.5. The average molecular weight is 365 g/mol. The maximum Gasteiger partial charge on any atom is 0.416 e. The summed E-state index contributed by atoms with van der Waals surface area (Å²) in [6.45, 7) is 2.86. The zero-order chi connectivity index (χ0) is 18.9. The number of carbonyl (C=O) groups excluding carboxylic acids is 1. The zero-order valence-corrected chi connectivity index (χ0v) is 14.6. The molecule has 0 aliphatic heterocycles. The highest BCUT2D eigenvalue weighted by Gasteiger charge is 2.33. The van der Waals surface area contributed by atoms with E-state index in [1.54, 1.807) is 6.20 Å². The van der Waals surface area contributed by atoms with Crippen LogP contribution in [0.4, 0.5) is 13.2 Å². The molecule has 1 aliphatic rings. The molecule has 26 heavy (non-hydrogen) atoms. The number of rotatable bonds is 4. The Hall–Kier alpha value is -2.31. The van der Waals surface area contributed by atoms with Gasteiger partial charge in [-0.1, -0.05) is 6.07 Å². The maximum absolute atomic E-state index is 12.9. The third-order valence-electron chi connectivity index (χ3n) is 5.29. The minimum absolute atomic E-state index is 0.00815. The Morgan fingerprint density at radius 2 is 1.92 bits per heavy atom. The number of aromatic nitrogens is 2. The molecule has 1 saturated carbocycles. The van der Waals surface area contributed by atoms with E-state index in [2.05, 4.69) is 5.10 Å². The molecule has 0 saturated heterocycles. The molecule has 0 atom stereocenters. The first-order valence-corrected chi connectivity index (χ1v) is 8.75. The summed E-state index contributed by atoms with van der Waals surface area (Å²) in [7, 11) is 0. The summed E-state index contributed by atoms with van der Waals surface area (Å²) in [5.41, 5.74) is 6.26. The van der Waals surface area contributed by atoms with Gasteiger partial charge in [0.15, 0.2) is 0 Å². The Kier molecular flexibility index (Phi) is 5.07. The van der Waals surface area contributed by atoms with Crippen LogP contribution in [0.5, 0.6) is 0 Å². The van der Waals surface area contributed by atoms with Crippen LogP contribution in [-0.2, 0) is 12.7 Å². The van der Waals surface area contributed by atoms with E-state index in [0.29, 0.717) is 11.5 Å². The van der Waals surface area contributed by atoms with Gasteiger partial charge in [0.25, 0.3) is 0 Å². The normalized spacial score (nSPS) is 20.9. The number of alkyl halides is 3. The Morgan fingerprint density at radius 3 is 2.46 bits per heavy atom. The van der Waals surface area contributed by atoms with E-state index < -0.39 is 17.6 Å². The molecule has 0 bridgehead atoms. The first-order chi connectivity index (χ1) is 12.3. The molecule has 1 aliphatic carbocycles. The van der Waals surface area contributed by atoms with Crippen molar-refractivity contribution in [1.29, 1.82) is 0 Å². The molecule has 1 aromatic carbocycles. The predicted molar refractivity (Wildman–Crippen MR) is 91.6 cm³/mol. The highest BCUT2D eigenvalue weighted by atomic mass is 19.4. The van der Waals surface area contributed by atoms with E-state index in [9.17, 15) is 18.0 Å². The van der Waals surface area contributed by atoms with Crippen LogP contribution in [0.1, 0.15) is 58.8 Å². The monoisotopic (exact) mass is 365 g/mol. The molecular weight excluding hydrogens is 343 g/mol. The van der Waals surface area contributed by atoms with Crippen LogP contribution in [0, 0.1) is 12.8 Å². The molecule has 4 nitrogen and oxygen atoms in total. The van der Waals surface area contributed by atoms with Gasteiger partial charge in [-0.25, -0.2) is 0 Å². The molecule has 1 amide bonds. The number of primary amides is 1. The first-order valence-electron chi connectivity index (χ1n) is 8.75. The number of amides is 1. The number of halogens is 3. The highest BCUT2D eigenvalue weighted by molar-refractivity contribution is 5.94. The molecule has 0 spiro atoms. The third-order valence-corrected chi connectivity index (χ3v) is 5.29. The average Bonchev–Trinajstić information content (AvgIpc) is 2.99. The van der Waals surface area contributed by atoms with Gasteiger partial charge in [0.05, 0.1) is 5.56 Å². The van der Waals surface area contributed by atoms with Crippen LogP contribution in [0.2, 0.25) is 0 Å². The molecule has 2 aromatic rings. The van der Waals surface area contributed by atoms with Crippen LogP contribution in [-0.4, -0.2) is 15.7 Å². The summed E-state index contributed by atoms with van der Waals surface area (Å²) in [4.78, 5) is 11.7. The number of carbonyl (C=O) groups is 1. The Morgan fingerprint density at radius 1 is 1.23 bits per heavy atom. The second-order valence-electron chi connectivity index (χ2n) is 7.04. The van der Waals surface area contributed by atoms with E-state index in [4.69, 9.17) is 5.73 Å². The van der Waals surface area contributed by atoms with E-state index in [1.165, 1.54) is 6.07 Å². The Bertz CT molecular complexity index is 790. The number of nitrogens with two attached hydrogens (primary N) is 1. The summed E-state index contributed by atoms with van der Waals surface area (Å²) in [6.07, 6.45) is 0.851. The van der Waals surface area contributed by atoms with Gasteiger partial charge in [0.2, 0.25) is 5.91 Å². The smallest absolute Gasteiger partial charge is 0.366 e. The van der Waals surface area contributed by atoms with Crippen molar-refractivity contribution in [3.8, 4) is 0 Å². The van der Waals surface area contributed by atoms with E-state index in [-0.39, 0.29) is 11.5 Å². The fraction of sp³-hybridized carbons (Fsp3) is 0.474. The lowest BCUT2D eigenvalue weighted by Gasteiger charge is -2.30. The predicted octanol–water partition coefficient (Wildman–Crippen LogP) is 4.28. The van der Waals surface area contributed by atoms with Gasteiger partial charge in [0, 0.05) is 24.0 Å². The quantitative estimate of drug-likeness (QED) is 0.879. The summed E-state index contributed by atoms with van der Waals surface area (Å²) >= 11 is 0. The third kappa shape index (κ3) is 3.92. The van der Waals surface area contributed by atoms with Crippen molar-refractivity contribution in [3.05, 3.63) is 52.8 Å². The topological polar surface area (TPSA) is 60.9 Å². The second-order valence-corrected chi connectivity index (χ2v) is 7.04. The van der Waals surface area contributed by atoms with Gasteiger partial charge < -0.3 is 5.73 Å². The fourth-order valence-corrected chi connectivity index (χ4v) is 3.79. The van der Waals surface area contributed by atoms with Gasteiger partial charge in [-0.2, -0.15) is 18.3 Å². The molecule has 1 heterocycles. The van der Waals surface area contributed by atoms with Crippen molar-refractivity contribution in [2.45, 2.75) is 51.2 Å². The number of hydrogen-bond acceptors (Lipinski definition) is 2. The molecular formula is C19H22F3N3O. The number of aryl methyl sites for hydroxylation is 1. The molecule has 0 radical (unpaired) electrons. The largest absolute Gasteiger partial charge is 0.416 e. The van der Waals surface area contributed by atoms with Crippen molar-refractivity contribution in [1.82, 2.24) is 9.78 Å². The standard InChI is InChI=1S/C19H22F3N3O/c1-12-8-9-24-25(12)11-13-2-4-14(5-3-13)16-7-6-15(19(20,21)22)10-17(16)18(23)26/h6-10,13-14H,2-5,11H2,1H3,(H2,23,26)/t13-,14-. The summed E-state index contributed by atoms with van der Waals surface area (Å²) in [6, 6.07) is 5.32. The van der Waals surface area contributed by atoms with Gasteiger partial charge in [0.1, 0.15) is 0 Å². The van der Waals surface area contributed by atoms with Crippen molar-refractivity contribution < 1.29 is 18.0 Å². The summed E-state index contributed by atoms with van der Waals surface area (Å²) in [5.74, 6) is -0.258. The van der Waals surface area contributed by atoms with E-state index in [0.717, 1.165) is 50.1 Å². The van der Waals surface area contributed by atoms with Crippen LogP contribution in [0.25, 0.3) is 0 Å². The van der Waals surface area contributed by atoms with Crippen LogP contribution >= 0.6 is 0 Å². The highest BCUT2D eigenvalue weighted by Crippen LogP contribution is 2.39. The fourth-order valence-electron chi connectivity index (χ4n) is 3.79. The lowest BCUT2D eigenvalue weighted by Crippen LogP contribution is -2.22. The van der Waals surface area contributed by atoms with E-state index >= 15 is 0 Å². The lowest BCUT2D eigenvalue weighted by molar-refractivity contribution is -0.137. The van der Waals surface area contributed by atoms with Gasteiger partial charge >= 0.3 is 6.18 Å². The summed E-state index contributed by atoms with van der Waals surface area (Å²) in [5, 5.41) is 4.31. The van der Waals surface area contributed by atoms with Crippen LogP contribution in [0.3, 0.4) is 0 Å². The maximum atomic E-state index is 12.9. The zero-order valence-electron chi connectivity index (χ0n) is 14.6. The molecule has 3 rings (SSSR count). The van der Waals surface area contributed by atoms with Crippen LogP contribution < -0.4 is 5.73 Å². The lowest BCUT2D eigenvalue weighted by atomic mass is 9.77. The minimum Gasteiger partial charge on any atom is -0.366 e. The van der Waals surface area contributed by atoms with E-state index in [1.807, 2.05) is 17.7 Å². The van der Waals surface area contributed by atoms with Crippen molar-refractivity contribution in [2.24, 2.45) is 11.7 Å². The van der Waals surface area contributed by atoms with Gasteiger partial charge in [-0.15, -0.1) is 0 Å². The van der Waals surface area contributed by atoms with Crippen molar-refractivity contribution >= 4 is 5.91 Å². The van der Waals surface area contributed by atoms with Crippen molar-refractivity contribution in [3.63, 3.8) is 0 Å². The van der Waals surface area contributed by atoms with Gasteiger partial charge in [-0.3, -0.25) is 9.48 Å². The second kappa shape index (κ2) is 7.13. The molecule has 0 unspecified atom stereocenters. The number of nitrogens with zero attached hydrogens (tertiary/aromatic N) is 2. The molecule has 2 N–H and O–H groups in total. The molecule has 140 valence electrons. The molecule has 1 fully saturated rings. The summed E-state index contributed by atoms with van der Waals surface area (Å²) < 4.78 is 40.7. The Balaban J connectivity index is 1.72. The van der Waals surface area contributed by atoms with Crippen LogP contribution in [0.15, 0.2) is 30.5 Å². The Labute approximate surface area is 150 Å². The molecule has 1 aromatic heterocycles. The SMILES string of the molecule is Cc1ccnn1C[C@H]1CC[C@H](c2ccc(C(F)(F)F)cc2C(N)=O)CC1. The molecule has 7 heteroatoms. The van der Waals surface area contributed by atoms with Gasteiger partial charge in [-0.05, 0) is 68.2 Å².